The van der Waals surface area contributed by atoms with E-state index >= 15 is 0 Å². The van der Waals surface area contributed by atoms with E-state index in [-0.39, 0.29) is 24.9 Å². The van der Waals surface area contributed by atoms with E-state index in [4.69, 9.17) is 4.74 Å². The summed E-state index contributed by atoms with van der Waals surface area (Å²) in [4.78, 5) is 12.1. The van der Waals surface area contributed by atoms with Gasteiger partial charge in [-0.25, -0.2) is 8.42 Å². The first-order valence-corrected chi connectivity index (χ1v) is 10.8. The molecule has 0 unspecified atom stereocenters. The van der Waals surface area contributed by atoms with Crippen molar-refractivity contribution >= 4 is 21.6 Å². The SMILES string of the molecule is CS(=O)(=O)N(CCC(=O)Nc1ccc(OCc2ccccc2)cc1)C1CC1. The predicted octanol–water partition coefficient (Wildman–Crippen LogP) is 3.02. The van der Waals surface area contributed by atoms with Gasteiger partial charge in [-0.2, -0.15) is 4.31 Å². The monoisotopic (exact) mass is 388 g/mol. The molecule has 1 fully saturated rings. The van der Waals surface area contributed by atoms with Crippen molar-refractivity contribution in [2.75, 3.05) is 18.1 Å². The maximum atomic E-state index is 12.1. The Labute approximate surface area is 160 Å². The molecule has 1 aliphatic carbocycles. The van der Waals surface area contributed by atoms with Crippen LogP contribution in [0.5, 0.6) is 5.75 Å². The lowest BCUT2D eigenvalue weighted by Gasteiger charge is -2.18. The van der Waals surface area contributed by atoms with Crippen molar-refractivity contribution < 1.29 is 17.9 Å². The second-order valence-electron chi connectivity index (χ2n) is 6.70. The van der Waals surface area contributed by atoms with Crippen LogP contribution in [0.2, 0.25) is 0 Å². The second-order valence-corrected chi connectivity index (χ2v) is 8.64. The van der Waals surface area contributed by atoms with E-state index in [0.29, 0.717) is 18.0 Å². The van der Waals surface area contributed by atoms with Crippen LogP contribution in [0.15, 0.2) is 54.6 Å². The lowest BCUT2D eigenvalue weighted by atomic mass is 10.2. The van der Waals surface area contributed by atoms with Crippen molar-refractivity contribution in [2.24, 2.45) is 0 Å². The number of carbonyl (C=O) groups is 1. The molecule has 3 rings (SSSR count). The summed E-state index contributed by atoms with van der Waals surface area (Å²) in [5.41, 5.74) is 1.74. The van der Waals surface area contributed by atoms with Crippen LogP contribution in [0.25, 0.3) is 0 Å². The van der Waals surface area contributed by atoms with Crippen LogP contribution < -0.4 is 10.1 Å². The Morgan fingerprint density at radius 2 is 1.78 bits per heavy atom. The Hall–Kier alpha value is -2.38. The number of benzene rings is 2. The molecule has 1 saturated carbocycles. The molecular formula is C20H24N2O4S. The topological polar surface area (TPSA) is 75.7 Å². The Morgan fingerprint density at radius 3 is 2.37 bits per heavy atom. The highest BCUT2D eigenvalue weighted by Gasteiger charge is 2.34. The molecule has 144 valence electrons. The standard InChI is InChI=1S/C20H24N2O4S/c1-27(24,25)22(18-9-10-18)14-13-20(23)21-17-7-11-19(12-8-17)26-15-16-5-3-2-4-6-16/h2-8,11-12,18H,9-10,13-15H2,1H3,(H,21,23). The predicted molar refractivity (Wildman–Crippen MR) is 105 cm³/mol. The average Bonchev–Trinajstić information content (AvgIpc) is 3.46. The van der Waals surface area contributed by atoms with Gasteiger partial charge in [0, 0.05) is 24.7 Å². The summed E-state index contributed by atoms with van der Waals surface area (Å²) in [6, 6.07) is 17.1. The Balaban J connectivity index is 1.46. The maximum Gasteiger partial charge on any atom is 0.225 e. The third-order valence-electron chi connectivity index (χ3n) is 4.33. The van der Waals surface area contributed by atoms with Crippen LogP contribution in [-0.4, -0.2) is 37.5 Å². The number of amides is 1. The van der Waals surface area contributed by atoms with E-state index in [1.54, 1.807) is 24.3 Å². The summed E-state index contributed by atoms with van der Waals surface area (Å²) in [5, 5.41) is 2.79. The lowest BCUT2D eigenvalue weighted by Crippen LogP contribution is -2.34. The number of hydrogen-bond donors (Lipinski definition) is 1. The van der Waals surface area contributed by atoms with E-state index in [2.05, 4.69) is 5.32 Å². The van der Waals surface area contributed by atoms with Gasteiger partial charge in [-0.15, -0.1) is 0 Å². The number of nitrogens with one attached hydrogen (secondary N) is 1. The van der Waals surface area contributed by atoms with E-state index in [1.165, 1.54) is 10.6 Å². The van der Waals surface area contributed by atoms with Gasteiger partial charge in [-0.3, -0.25) is 4.79 Å². The summed E-state index contributed by atoms with van der Waals surface area (Å²) < 4.78 is 30.7. The molecule has 2 aromatic rings. The van der Waals surface area contributed by atoms with Gasteiger partial charge in [0.2, 0.25) is 15.9 Å². The minimum Gasteiger partial charge on any atom is -0.489 e. The van der Waals surface area contributed by atoms with Gasteiger partial charge in [0.15, 0.2) is 0 Å². The molecule has 0 heterocycles. The van der Waals surface area contributed by atoms with Gasteiger partial charge in [0.1, 0.15) is 12.4 Å². The largest absolute Gasteiger partial charge is 0.489 e. The Bertz CT molecular complexity index is 863. The van der Waals surface area contributed by atoms with Gasteiger partial charge in [-0.1, -0.05) is 30.3 Å². The molecule has 0 aromatic heterocycles. The highest BCUT2D eigenvalue weighted by molar-refractivity contribution is 7.88. The van der Waals surface area contributed by atoms with Gasteiger partial charge in [0.05, 0.1) is 6.26 Å². The van der Waals surface area contributed by atoms with Crippen LogP contribution >= 0.6 is 0 Å². The molecule has 2 aromatic carbocycles. The summed E-state index contributed by atoms with van der Waals surface area (Å²) in [7, 11) is -3.27. The van der Waals surface area contributed by atoms with Crippen molar-refractivity contribution in [1.29, 1.82) is 0 Å². The average molecular weight is 388 g/mol. The van der Waals surface area contributed by atoms with Gasteiger partial charge in [0.25, 0.3) is 0 Å². The number of hydrogen-bond acceptors (Lipinski definition) is 4. The molecule has 0 atom stereocenters. The molecule has 0 spiro atoms. The van der Waals surface area contributed by atoms with E-state index in [0.717, 1.165) is 18.4 Å². The molecule has 0 bridgehead atoms. The Kier molecular flexibility index (Phi) is 6.13. The molecular weight excluding hydrogens is 364 g/mol. The molecule has 1 amide bonds. The number of ether oxygens (including phenoxy) is 1. The van der Waals surface area contributed by atoms with Gasteiger partial charge >= 0.3 is 0 Å². The van der Waals surface area contributed by atoms with Crippen LogP contribution in [0.1, 0.15) is 24.8 Å². The first-order chi connectivity index (χ1) is 12.9. The van der Waals surface area contributed by atoms with E-state index in [9.17, 15) is 13.2 Å². The molecule has 7 heteroatoms. The maximum absolute atomic E-state index is 12.1. The number of rotatable bonds is 9. The quantitative estimate of drug-likeness (QED) is 0.716. The minimum atomic E-state index is -3.27. The molecule has 1 aliphatic rings. The summed E-state index contributed by atoms with van der Waals surface area (Å²) in [6.45, 7) is 0.697. The third-order valence-corrected chi connectivity index (χ3v) is 5.66. The molecule has 0 aliphatic heterocycles. The molecule has 0 saturated heterocycles. The van der Waals surface area contributed by atoms with Gasteiger partial charge < -0.3 is 10.1 Å². The first-order valence-electron chi connectivity index (χ1n) is 8.95. The van der Waals surface area contributed by atoms with Crippen LogP contribution in [0.4, 0.5) is 5.69 Å². The number of nitrogens with zero attached hydrogens (tertiary/aromatic N) is 1. The fourth-order valence-corrected chi connectivity index (χ4v) is 3.97. The zero-order valence-electron chi connectivity index (χ0n) is 15.3. The highest BCUT2D eigenvalue weighted by Crippen LogP contribution is 2.29. The summed E-state index contributed by atoms with van der Waals surface area (Å²) in [5.74, 6) is 0.510. The zero-order chi connectivity index (χ0) is 19.3. The third kappa shape index (κ3) is 6.08. The van der Waals surface area contributed by atoms with Crippen molar-refractivity contribution in [3.05, 3.63) is 60.2 Å². The smallest absolute Gasteiger partial charge is 0.225 e. The normalized spacial score (nSPS) is 14.1. The van der Waals surface area contributed by atoms with Crippen LogP contribution in [0, 0.1) is 0 Å². The fraction of sp³-hybridized carbons (Fsp3) is 0.350. The number of carbonyl (C=O) groups excluding carboxylic acids is 1. The lowest BCUT2D eigenvalue weighted by molar-refractivity contribution is -0.116. The summed E-state index contributed by atoms with van der Waals surface area (Å²) in [6.07, 6.45) is 3.07. The number of sulfonamides is 1. The Morgan fingerprint density at radius 1 is 1.11 bits per heavy atom. The van der Waals surface area contributed by atoms with Crippen LogP contribution in [-0.2, 0) is 21.4 Å². The van der Waals surface area contributed by atoms with Crippen molar-refractivity contribution in [3.8, 4) is 5.75 Å². The fourth-order valence-electron chi connectivity index (χ4n) is 2.79. The summed E-state index contributed by atoms with van der Waals surface area (Å²) >= 11 is 0. The second kappa shape index (κ2) is 8.54. The highest BCUT2D eigenvalue weighted by atomic mass is 32.2. The van der Waals surface area contributed by atoms with Crippen molar-refractivity contribution in [3.63, 3.8) is 0 Å². The molecule has 27 heavy (non-hydrogen) atoms. The van der Waals surface area contributed by atoms with E-state index < -0.39 is 10.0 Å². The van der Waals surface area contributed by atoms with Crippen molar-refractivity contribution in [2.45, 2.75) is 31.9 Å². The minimum absolute atomic E-state index is 0.0637. The number of anilines is 1. The van der Waals surface area contributed by atoms with E-state index in [1.807, 2.05) is 30.3 Å². The van der Waals surface area contributed by atoms with Crippen molar-refractivity contribution in [1.82, 2.24) is 4.31 Å². The molecule has 0 radical (unpaired) electrons. The van der Waals surface area contributed by atoms with Crippen LogP contribution in [0.3, 0.4) is 0 Å². The molecule has 1 N–H and O–H groups in total. The first kappa shape index (κ1) is 19.4. The molecule has 6 nitrogen and oxygen atoms in total. The van der Waals surface area contributed by atoms with Gasteiger partial charge in [-0.05, 0) is 42.7 Å². The zero-order valence-corrected chi connectivity index (χ0v) is 16.1.